The highest BCUT2D eigenvalue weighted by Crippen LogP contribution is 2.64. The van der Waals surface area contributed by atoms with Crippen LogP contribution in [0.5, 0.6) is 5.75 Å². The second-order valence-corrected chi connectivity index (χ2v) is 6.79. The molecule has 2 aliphatic carbocycles. The van der Waals surface area contributed by atoms with Gasteiger partial charge in [-0.3, -0.25) is 0 Å². The van der Waals surface area contributed by atoms with Crippen LogP contribution in [-0.4, -0.2) is 12.6 Å². The lowest BCUT2D eigenvalue weighted by atomic mass is 9.55. The average molecular weight is 318 g/mol. The molecule has 120 valence electrons. The highest BCUT2D eigenvalue weighted by atomic mass is 16.5. The third kappa shape index (κ3) is 1.79. The van der Waals surface area contributed by atoms with Crippen LogP contribution in [0.4, 0.5) is 0 Å². The van der Waals surface area contributed by atoms with Crippen LogP contribution < -0.4 is 4.74 Å². The Labute approximate surface area is 140 Å². The van der Waals surface area contributed by atoms with E-state index in [-0.39, 0.29) is 17.5 Å². The first-order chi connectivity index (χ1) is 11.8. The molecule has 2 aromatic rings. The van der Waals surface area contributed by atoms with Crippen molar-refractivity contribution in [2.24, 2.45) is 5.92 Å². The van der Waals surface area contributed by atoms with Gasteiger partial charge in [0.05, 0.1) is 0 Å². The topological polar surface area (TPSA) is 35.5 Å². The van der Waals surface area contributed by atoms with Crippen LogP contribution >= 0.6 is 0 Å². The van der Waals surface area contributed by atoms with Crippen molar-refractivity contribution in [2.45, 2.75) is 24.4 Å². The molecule has 1 spiro atoms. The number of benzene rings is 2. The normalized spacial score (nSPS) is 29.6. The summed E-state index contributed by atoms with van der Waals surface area (Å²) in [6.45, 7) is 0.768. The van der Waals surface area contributed by atoms with Crippen LogP contribution in [-0.2, 0) is 15.1 Å². The molecule has 1 aliphatic heterocycles. The Balaban J connectivity index is 1.49. The van der Waals surface area contributed by atoms with Crippen molar-refractivity contribution in [2.75, 3.05) is 6.61 Å². The van der Waals surface area contributed by atoms with Crippen LogP contribution in [0.2, 0.25) is 0 Å². The SMILES string of the molecule is O=C(Oc1ccccc1)C1=C[C@H]2c3ccccc3[C@]23OCC[C@H]3C1. The summed E-state index contributed by atoms with van der Waals surface area (Å²) in [4.78, 5) is 12.6. The van der Waals surface area contributed by atoms with Gasteiger partial charge in [0.15, 0.2) is 0 Å². The first-order valence-corrected chi connectivity index (χ1v) is 8.50. The monoisotopic (exact) mass is 318 g/mol. The largest absolute Gasteiger partial charge is 0.423 e. The van der Waals surface area contributed by atoms with Gasteiger partial charge in [0.2, 0.25) is 0 Å². The van der Waals surface area contributed by atoms with Gasteiger partial charge in [-0.15, -0.1) is 0 Å². The molecular formula is C21H18O3. The van der Waals surface area contributed by atoms with Crippen LogP contribution in [0.3, 0.4) is 0 Å². The fourth-order valence-corrected chi connectivity index (χ4v) is 4.60. The number of fused-ring (bicyclic) bond motifs is 2. The third-order valence-electron chi connectivity index (χ3n) is 5.64. The molecule has 1 fully saturated rings. The zero-order valence-corrected chi connectivity index (χ0v) is 13.3. The van der Waals surface area contributed by atoms with Gasteiger partial charge in [0.25, 0.3) is 0 Å². The zero-order valence-electron chi connectivity index (χ0n) is 13.3. The van der Waals surface area contributed by atoms with E-state index in [0.717, 1.165) is 25.0 Å². The van der Waals surface area contributed by atoms with Crippen molar-refractivity contribution in [1.29, 1.82) is 0 Å². The molecule has 5 rings (SSSR count). The summed E-state index contributed by atoms with van der Waals surface area (Å²) in [6.07, 6.45) is 3.81. The van der Waals surface area contributed by atoms with E-state index in [0.29, 0.717) is 11.7 Å². The number of carbonyl (C=O) groups is 1. The van der Waals surface area contributed by atoms with Crippen molar-refractivity contribution in [3.63, 3.8) is 0 Å². The summed E-state index contributed by atoms with van der Waals surface area (Å²) in [7, 11) is 0. The van der Waals surface area contributed by atoms with E-state index in [1.54, 1.807) is 0 Å². The minimum atomic E-state index is -0.230. The maximum Gasteiger partial charge on any atom is 0.339 e. The molecular weight excluding hydrogens is 300 g/mol. The molecule has 3 aliphatic rings. The Bertz CT molecular complexity index is 839. The second kappa shape index (κ2) is 5.05. The van der Waals surface area contributed by atoms with E-state index < -0.39 is 0 Å². The quantitative estimate of drug-likeness (QED) is 0.621. The number of ether oxygens (including phenoxy) is 2. The van der Waals surface area contributed by atoms with Gasteiger partial charge in [0.1, 0.15) is 11.4 Å². The predicted octanol–water partition coefficient (Wildman–Crippen LogP) is 3.95. The number of esters is 1. The van der Waals surface area contributed by atoms with Crippen molar-refractivity contribution in [1.82, 2.24) is 0 Å². The van der Waals surface area contributed by atoms with Gasteiger partial charge in [-0.2, -0.15) is 0 Å². The molecule has 0 N–H and O–H groups in total. The minimum Gasteiger partial charge on any atom is -0.423 e. The van der Waals surface area contributed by atoms with E-state index >= 15 is 0 Å². The minimum absolute atomic E-state index is 0.174. The molecule has 0 bridgehead atoms. The summed E-state index contributed by atoms with van der Waals surface area (Å²) in [6, 6.07) is 17.7. The van der Waals surface area contributed by atoms with Gasteiger partial charge in [-0.1, -0.05) is 48.5 Å². The summed E-state index contributed by atoms with van der Waals surface area (Å²) < 4.78 is 11.8. The Morgan fingerprint density at radius 1 is 1.08 bits per heavy atom. The number of hydrogen-bond acceptors (Lipinski definition) is 3. The molecule has 0 radical (unpaired) electrons. The molecule has 0 aromatic heterocycles. The van der Waals surface area contributed by atoms with E-state index in [9.17, 15) is 4.79 Å². The highest BCUT2D eigenvalue weighted by Gasteiger charge is 2.61. The molecule has 1 heterocycles. The molecule has 0 unspecified atom stereocenters. The number of para-hydroxylation sites is 1. The number of rotatable bonds is 2. The summed E-state index contributed by atoms with van der Waals surface area (Å²) >= 11 is 0. The molecule has 0 amide bonds. The standard InChI is InChI=1S/C21H18O3/c22-20(24-16-6-2-1-3-7-16)14-12-15-10-11-23-21(15)18-9-5-4-8-17(18)19(21)13-14/h1-9,13,15,19H,10-12H2/t15-,19-,21-/m0/s1. The molecule has 24 heavy (non-hydrogen) atoms. The van der Waals surface area contributed by atoms with E-state index in [2.05, 4.69) is 30.3 Å². The first-order valence-electron chi connectivity index (χ1n) is 8.50. The first kappa shape index (κ1) is 14.0. The van der Waals surface area contributed by atoms with E-state index in [1.807, 2.05) is 30.3 Å². The number of hydrogen-bond donors (Lipinski definition) is 0. The fraction of sp³-hybridized carbons (Fsp3) is 0.286. The Morgan fingerprint density at radius 2 is 1.88 bits per heavy atom. The molecule has 2 aromatic carbocycles. The van der Waals surface area contributed by atoms with Crippen LogP contribution in [0, 0.1) is 5.92 Å². The molecule has 3 atom stereocenters. The number of carbonyl (C=O) groups excluding carboxylic acids is 1. The molecule has 3 heteroatoms. The van der Waals surface area contributed by atoms with Crippen molar-refractivity contribution >= 4 is 5.97 Å². The van der Waals surface area contributed by atoms with Gasteiger partial charge < -0.3 is 9.47 Å². The Morgan fingerprint density at radius 3 is 2.75 bits per heavy atom. The summed E-state index contributed by atoms with van der Waals surface area (Å²) in [5, 5.41) is 0. The van der Waals surface area contributed by atoms with E-state index in [1.165, 1.54) is 11.1 Å². The zero-order chi connectivity index (χ0) is 16.1. The van der Waals surface area contributed by atoms with Gasteiger partial charge in [0, 0.05) is 18.1 Å². The van der Waals surface area contributed by atoms with Crippen LogP contribution in [0.1, 0.15) is 29.9 Å². The van der Waals surface area contributed by atoms with Crippen molar-refractivity contribution in [3.8, 4) is 5.75 Å². The maximum atomic E-state index is 12.6. The second-order valence-electron chi connectivity index (χ2n) is 6.79. The van der Waals surface area contributed by atoms with Crippen molar-refractivity contribution < 1.29 is 14.3 Å². The smallest absolute Gasteiger partial charge is 0.339 e. The van der Waals surface area contributed by atoms with Gasteiger partial charge in [-0.25, -0.2) is 4.79 Å². The lowest BCUT2D eigenvalue weighted by Gasteiger charge is -2.52. The Hall–Kier alpha value is -2.39. The van der Waals surface area contributed by atoms with E-state index in [4.69, 9.17) is 9.47 Å². The average Bonchev–Trinajstić information content (AvgIpc) is 3.07. The predicted molar refractivity (Wildman–Crippen MR) is 89.7 cm³/mol. The van der Waals surface area contributed by atoms with Crippen LogP contribution in [0.25, 0.3) is 0 Å². The van der Waals surface area contributed by atoms with Gasteiger partial charge >= 0.3 is 5.97 Å². The highest BCUT2D eigenvalue weighted by molar-refractivity contribution is 5.91. The molecule has 1 saturated heterocycles. The Kier molecular flexibility index (Phi) is 2.95. The fourth-order valence-electron chi connectivity index (χ4n) is 4.60. The molecule has 0 saturated carbocycles. The lowest BCUT2D eigenvalue weighted by Crippen LogP contribution is -2.49. The molecule has 3 nitrogen and oxygen atoms in total. The maximum absolute atomic E-state index is 12.6. The summed E-state index contributed by atoms with van der Waals surface area (Å²) in [5.41, 5.74) is 3.18. The lowest BCUT2D eigenvalue weighted by molar-refractivity contribution is -0.131. The van der Waals surface area contributed by atoms with Crippen molar-refractivity contribution in [3.05, 3.63) is 77.4 Å². The van der Waals surface area contributed by atoms with Gasteiger partial charge in [-0.05, 0) is 42.0 Å². The summed E-state index contributed by atoms with van der Waals surface area (Å²) in [5.74, 6) is 0.900. The van der Waals surface area contributed by atoms with Crippen LogP contribution in [0.15, 0.2) is 66.2 Å². The third-order valence-corrected chi connectivity index (χ3v) is 5.64.